The molecule has 0 bridgehead atoms. The quantitative estimate of drug-likeness (QED) is 0.0625. The van der Waals surface area contributed by atoms with Gasteiger partial charge in [0.15, 0.2) is 6.61 Å². The number of alkyl carbamates (subject to hydrolysis) is 1. The summed E-state index contributed by atoms with van der Waals surface area (Å²) in [6, 6.07) is 3.46. The first-order valence-electron chi connectivity index (χ1n) is 22.4. The van der Waals surface area contributed by atoms with Gasteiger partial charge in [-0.1, -0.05) is 64.0 Å². The minimum atomic E-state index is -1.68. The molecule has 0 radical (unpaired) electrons. The van der Waals surface area contributed by atoms with Crippen molar-refractivity contribution in [3.8, 4) is 0 Å². The van der Waals surface area contributed by atoms with Crippen molar-refractivity contribution in [1.29, 1.82) is 0 Å². The number of carbonyl (C=O) groups excluding carboxylic acids is 4. The van der Waals surface area contributed by atoms with E-state index in [1.807, 2.05) is 33.8 Å². The van der Waals surface area contributed by atoms with Gasteiger partial charge in [0.2, 0.25) is 11.7 Å². The Hall–Kier alpha value is -4.29. The Balaban J connectivity index is 0.748. The zero-order valence-electron chi connectivity index (χ0n) is 36.1. The summed E-state index contributed by atoms with van der Waals surface area (Å²) < 4.78 is 16.8. The van der Waals surface area contributed by atoms with Crippen molar-refractivity contribution in [2.24, 2.45) is 28.6 Å². The van der Waals surface area contributed by atoms with E-state index >= 15 is 0 Å². The summed E-state index contributed by atoms with van der Waals surface area (Å²) in [5.74, 6) is 0.631. The molecule has 7 rings (SSSR count). The van der Waals surface area contributed by atoms with Crippen molar-refractivity contribution in [2.45, 2.75) is 156 Å². The fourth-order valence-electron chi connectivity index (χ4n) is 11.9. The number of allylic oxidation sites excluding steroid dienone is 2. The molecule has 1 aromatic carbocycles. The van der Waals surface area contributed by atoms with Crippen LogP contribution in [0.3, 0.4) is 0 Å². The number of aryl methyl sites for hydroxylation is 3. The van der Waals surface area contributed by atoms with Crippen LogP contribution < -0.4 is 16.3 Å². The largest absolute Gasteiger partial charge is 0.461 e. The van der Waals surface area contributed by atoms with E-state index in [4.69, 9.17) is 13.6 Å². The first-order valence-corrected chi connectivity index (χ1v) is 22.4. The van der Waals surface area contributed by atoms with Gasteiger partial charge in [-0.2, -0.15) is 0 Å². The maximum Gasteiger partial charge on any atom is 0.407 e. The molecule has 2 amide bonds. The topological polar surface area (TPSA) is 185 Å². The predicted octanol–water partition coefficient (Wildman–Crippen LogP) is 8.12. The third-order valence-corrected chi connectivity index (χ3v) is 15.3. The Morgan fingerprint density at radius 1 is 0.900 bits per heavy atom. The van der Waals surface area contributed by atoms with Crippen LogP contribution in [0.4, 0.5) is 4.79 Å². The first-order chi connectivity index (χ1) is 28.6. The van der Waals surface area contributed by atoms with Crippen LogP contribution in [0.1, 0.15) is 139 Å². The predicted molar refractivity (Wildman–Crippen MR) is 227 cm³/mol. The molecule has 0 aliphatic heterocycles. The van der Waals surface area contributed by atoms with Crippen molar-refractivity contribution >= 4 is 45.5 Å². The molecule has 6 unspecified atom stereocenters. The average Bonchev–Trinajstić information content (AvgIpc) is 3.67. The Kier molecular flexibility index (Phi) is 12.8. The molecule has 0 spiro atoms. The summed E-state index contributed by atoms with van der Waals surface area (Å²) in [4.78, 5) is 62.9. The Labute approximate surface area is 352 Å². The average molecular weight is 829 g/mol. The molecular weight excluding hydrogens is 765 g/mol. The van der Waals surface area contributed by atoms with E-state index in [0.717, 1.165) is 103 Å². The number of rotatable bonds is 16. The van der Waals surface area contributed by atoms with Crippen LogP contribution in [-0.2, 0) is 25.7 Å². The Morgan fingerprint density at radius 2 is 1.60 bits per heavy atom. The summed E-state index contributed by atoms with van der Waals surface area (Å²) >= 11 is 0. The van der Waals surface area contributed by atoms with Gasteiger partial charge in [-0.05, 0) is 101 Å². The lowest BCUT2D eigenvalue weighted by Gasteiger charge is -2.59. The summed E-state index contributed by atoms with van der Waals surface area (Å²) in [6.45, 7) is 10.0. The number of Topliss-reactive ketones (excluding diaryl/α,β-unsaturated/α-hetero) is 2. The molecule has 0 saturated heterocycles. The molecule has 12 nitrogen and oxygen atoms in total. The molecule has 4 N–H and O–H groups in total. The molecule has 3 fully saturated rings. The summed E-state index contributed by atoms with van der Waals surface area (Å²) in [5.41, 5.74) is 1.72. The van der Waals surface area contributed by atoms with E-state index in [1.54, 1.807) is 0 Å². The lowest BCUT2D eigenvalue weighted by Crippen LogP contribution is -2.62. The second-order valence-electron chi connectivity index (χ2n) is 18.9. The van der Waals surface area contributed by atoms with Crippen molar-refractivity contribution in [2.75, 3.05) is 13.2 Å². The normalized spacial score (nSPS) is 28.5. The van der Waals surface area contributed by atoms with Crippen molar-refractivity contribution in [1.82, 2.24) is 10.6 Å². The van der Waals surface area contributed by atoms with Crippen molar-refractivity contribution in [3.05, 3.63) is 56.7 Å². The highest BCUT2D eigenvalue weighted by Crippen LogP contribution is 2.67. The number of aliphatic hydroxyl groups excluding tert-OH is 1. The highest BCUT2D eigenvalue weighted by molar-refractivity contribution is 6.00. The first kappa shape index (κ1) is 43.8. The summed E-state index contributed by atoms with van der Waals surface area (Å²) in [7, 11) is 0. The molecule has 7 atom stereocenters. The number of fused-ring (bicyclic) bond motifs is 7. The minimum Gasteiger partial charge on any atom is -0.461 e. The highest BCUT2D eigenvalue weighted by atomic mass is 16.6. The number of unbranched alkanes of at least 4 members (excludes halogenated alkanes) is 7. The fraction of sp³-hybridized carbons (Fsp3) is 0.646. The summed E-state index contributed by atoms with van der Waals surface area (Å²) in [5, 5.41) is 31.1. The van der Waals surface area contributed by atoms with Gasteiger partial charge in [-0.15, -0.1) is 0 Å². The molecule has 4 aliphatic rings. The molecule has 2 aromatic heterocycles. The van der Waals surface area contributed by atoms with Crippen molar-refractivity contribution < 1.29 is 43.0 Å². The lowest BCUT2D eigenvalue weighted by atomic mass is 9.46. The number of benzene rings is 1. The third kappa shape index (κ3) is 8.22. The number of amides is 2. The van der Waals surface area contributed by atoms with E-state index < -0.39 is 41.2 Å². The van der Waals surface area contributed by atoms with E-state index in [1.165, 1.54) is 6.07 Å². The van der Waals surface area contributed by atoms with E-state index in [2.05, 4.69) is 23.6 Å². The number of ketones is 2. The SMILES string of the molecule is Cc1oc2c(C)c3oc(=O)cc(C)c3cc2c1CNC(=O)CCCCCCCCCCNC(=O)OCC(=O)[C@@]1(O)CCC2C3CC=C4CC(=O)CCC4(C)C3C(O)CC21C. The summed E-state index contributed by atoms with van der Waals surface area (Å²) in [6.07, 6.45) is 12.7. The van der Waals surface area contributed by atoms with Crippen LogP contribution in [0.2, 0.25) is 0 Å². The van der Waals surface area contributed by atoms with Gasteiger partial charge in [0.1, 0.15) is 28.3 Å². The van der Waals surface area contributed by atoms with E-state index in [0.29, 0.717) is 56.4 Å². The molecule has 3 saturated carbocycles. The Morgan fingerprint density at radius 3 is 2.35 bits per heavy atom. The lowest BCUT2D eigenvalue weighted by molar-refractivity contribution is -0.180. The molecule has 60 heavy (non-hydrogen) atoms. The number of carbonyl (C=O) groups is 4. The number of hydrogen-bond acceptors (Lipinski definition) is 10. The second kappa shape index (κ2) is 17.6. The number of furan rings is 1. The van der Waals surface area contributed by atoms with Crippen LogP contribution >= 0.6 is 0 Å². The number of ether oxygens (including phenoxy) is 1. The van der Waals surface area contributed by atoms with Gasteiger partial charge in [0.25, 0.3) is 0 Å². The molecule has 326 valence electrons. The molecular formula is C48H64N2O10. The van der Waals surface area contributed by atoms with Crippen LogP contribution in [0.25, 0.3) is 21.9 Å². The van der Waals surface area contributed by atoms with E-state index in [-0.39, 0.29) is 41.3 Å². The van der Waals surface area contributed by atoms with Crippen LogP contribution in [-0.4, -0.2) is 58.6 Å². The van der Waals surface area contributed by atoms with Crippen LogP contribution in [0.5, 0.6) is 0 Å². The van der Waals surface area contributed by atoms with Gasteiger partial charge in [0.05, 0.1) is 6.10 Å². The zero-order chi connectivity index (χ0) is 43.0. The zero-order valence-corrected chi connectivity index (χ0v) is 36.1. The van der Waals surface area contributed by atoms with Gasteiger partial charge >= 0.3 is 11.7 Å². The second-order valence-corrected chi connectivity index (χ2v) is 18.9. The maximum absolute atomic E-state index is 13.6. The van der Waals surface area contributed by atoms with Gasteiger partial charge in [-0.25, -0.2) is 9.59 Å². The standard InChI is InChI=1S/C48H64N2O10/c1-28-22-41(55)60-43-29(2)44-35(24-34(28)43)36(30(3)59-44)26-50-40(54)14-12-10-8-6-7-9-11-13-21-49-45(56)58-27-39(53)48(57)20-18-37-33-16-15-31-23-32(51)17-19-46(31,4)42(33)38(52)25-47(37,48)5/h15,22,24,33,37-38,42,52,57H,6-14,16-21,23,25-27H2,1-5H3,(H,49,56)(H,50,54)/t33?,37?,38?,42?,46?,47?,48-/m0/s1. The van der Waals surface area contributed by atoms with E-state index in [9.17, 15) is 34.2 Å². The third-order valence-electron chi connectivity index (χ3n) is 15.3. The van der Waals surface area contributed by atoms with Crippen LogP contribution in [0, 0.1) is 49.4 Å². The molecule has 4 aliphatic carbocycles. The molecule has 12 heteroatoms. The van der Waals surface area contributed by atoms with Crippen LogP contribution in [0.15, 0.2) is 37.4 Å². The minimum absolute atomic E-state index is 0.00318. The number of aliphatic hydroxyl groups is 2. The highest BCUT2D eigenvalue weighted by Gasteiger charge is 2.68. The van der Waals surface area contributed by atoms with Gasteiger partial charge in [-0.3, -0.25) is 14.4 Å². The fourth-order valence-corrected chi connectivity index (χ4v) is 11.9. The van der Waals surface area contributed by atoms with Gasteiger partial charge < -0.3 is 34.4 Å². The monoisotopic (exact) mass is 828 g/mol. The molecule has 3 aromatic rings. The van der Waals surface area contributed by atoms with Gasteiger partial charge in [0, 0.05) is 65.7 Å². The smallest absolute Gasteiger partial charge is 0.407 e. The number of nitrogens with one attached hydrogen (secondary N) is 2. The Bertz CT molecular complexity index is 2240. The molecule has 2 heterocycles. The number of hydrogen-bond donors (Lipinski definition) is 4. The maximum atomic E-state index is 13.6. The van der Waals surface area contributed by atoms with Crippen molar-refractivity contribution in [3.63, 3.8) is 0 Å².